The molecule has 0 saturated carbocycles. The summed E-state index contributed by atoms with van der Waals surface area (Å²) in [6, 6.07) is 7.49. The van der Waals surface area contributed by atoms with E-state index in [4.69, 9.17) is 16.1 Å². The quantitative estimate of drug-likeness (QED) is 0.918. The second-order valence-electron chi connectivity index (χ2n) is 6.22. The van der Waals surface area contributed by atoms with E-state index in [9.17, 15) is 0 Å². The highest BCUT2D eigenvalue weighted by Gasteiger charge is 2.33. The fraction of sp³-hybridized carbons (Fsp3) is 0.500. The topological polar surface area (TPSA) is 54.2 Å². The Morgan fingerprint density at radius 1 is 1.22 bits per heavy atom. The minimum absolute atomic E-state index is 0. The molecule has 2 fully saturated rings. The molecule has 3 heterocycles. The molecule has 2 aliphatic rings. The summed E-state index contributed by atoms with van der Waals surface area (Å²) < 4.78 is 5.41. The summed E-state index contributed by atoms with van der Waals surface area (Å²) in [5, 5.41) is 8.28. The van der Waals surface area contributed by atoms with Crippen LogP contribution in [0.2, 0.25) is 5.02 Å². The van der Waals surface area contributed by atoms with Gasteiger partial charge in [-0.05, 0) is 62.2 Å². The molecule has 0 amide bonds. The van der Waals surface area contributed by atoms with E-state index in [0.717, 1.165) is 43.6 Å². The molecule has 4 rings (SSSR count). The van der Waals surface area contributed by atoms with Crippen molar-refractivity contribution in [1.29, 1.82) is 0 Å². The highest BCUT2D eigenvalue weighted by molar-refractivity contribution is 6.30. The first-order chi connectivity index (χ1) is 10.8. The zero-order valence-electron chi connectivity index (χ0n) is 12.7. The molecule has 124 valence electrons. The van der Waals surface area contributed by atoms with Crippen molar-refractivity contribution in [2.24, 2.45) is 11.8 Å². The maximum Gasteiger partial charge on any atom is 0.241 e. The van der Waals surface area contributed by atoms with E-state index in [1.54, 1.807) is 0 Å². The molecular weight excluding hydrogens is 335 g/mol. The van der Waals surface area contributed by atoms with Crippen molar-refractivity contribution in [3.63, 3.8) is 0 Å². The zero-order valence-corrected chi connectivity index (χ0v) is 14.3. The summed E-state index contributed by atoms with van der Waals surface area (Å²) in [6.45, 7) is 5.29. The Hall–Kier alpha value is -1.14. The van der Waals surface area contributed by atoms with Gasteiger partial charge in [0.25, 0.3) is 0 Å². The lowest BCUT2D eigenvalue weighted by molar-refractivity contribution is 0.128. The van der Waals surface area contributed by atoms with Crippen LogP contribution in [0.5, 0.6) is 0 Å². The fourth-order valence-electron chi connectivity index (χ4n) is 3.48. The molecule has 0 bridgehead atoms. The molecular formula is C16H20Cl2N4O. The van der Waals surface area contributed by atoms with Gasteiger partial charge in [-0.1, -0.05) is 16.8 Å². The van der Waals surface area contributed by atoms with E-state index in [-0.39, 0.29) is 12.4 Å². The van der Waals surface area contributed by atoms with E-state index in [2.05, 4.69) is 20.4 Å². The summed E-state index contributed by atoms with van der Waals surface area (Å²) in [7, 11) is 0. The number of nitrogens with zero attached hydrogens (tertiary/aromatic N) is 3. The van der Waals surface area contributed by atoms with Crippen LogP contribution in [-0.4, -0.2) is 41.2 Å². The number of hydrogen-bond donors (Lipinski definition) is 1. The van der Waals surface area contributed by atoms with Crippen LogP contribution in [-0.2, 0) is 6.54 Å². The van der Waals surface area contributed by atoms with E-state index < -0.39 is 0 Å². The molecule has 5 nitrogen and oxygen atoms in total. The third kappa shape index (κ3) is 3.69. The number of piperidine rings is 1. The lowest BCUT2D eigenvalue weighted by Crippen LogP contribution is -2.39. The predicted molar refractivity (Wildman–Crippen MR) is 91.7 cm³/mol. The molecule has 1 aromatic heterocycles. The molecule has 0 aliphatic carbocycles. The van der Waals surface area contributed by atoms with Crippen molar-refractivity contribution in [1.82, 2.24) is 20.4 Å². The first-order valence-corrected chi connectivity index (χ1v) is 8.17. The number of aromatic nitrogens is 2. The van der Waals surface area contributed by atoms with Crippen molar-refractivity contribution in [3.05, 3.63) is 35.2 Å². The number of hydrogen-bond acceptors (Lipinski definition) is 5. The maximum atomic E-state index is 5.90. The van der Waals surface area contributed by atoms with Gasteiger partial charge < -0.3 is 9.84 Å². The van der Waals surface area contributed by atoms with Gasteiger partial charge in [-0.3, -0.25) is 4.90 Å². The van der Waals surface area contributed by atoms with Crippen LogP contribution in [0.25, 0.3) is 11.4 Å². The second kappa shape index (κ2) is 7.18. The van der Waals surface area contributed by atoms with Crippen LogP contribution >= 0.6 is 24.0 Å². The molecule has 2 aromatic rings. The number of nitrogens with one attached hydrogen (secondary N) is 1. The Kier molecular flexibility index (Phi) is 5.21. The molecule has 2 atom stereocenters. The van der Waals surface area contributed by atoms with Crippen molar-refractivity contribution < 1.29 is 4.52 Å². The molecule has 23 heavy (non-hydrogen) atoms. The zero-order chi connectivity index (χ0) is 14.9. The summed E-state index contributed by atoms with van der Waals surface area (Å²) in [6.07, 6.45) is 1.26. The van der Waals surface area contributed by atoms with Gasteiger partial charge >= 0.3 is 0 Å². The predicted octanol–water partition coefficient (Wildman–Crippen LogP) is 2.85. The average Bonchev–Trinajstić information content (AvgIpc) is 3.17. The molecule has 2 unspecified atom stereocenters. The lowest BCUT2D eigenvalue weighted by atomic mass is 9.89. The minimum atomic E-state index is 0. The van der Waals surface area contributed by atoms with Crippen LogP contribution in [0, 0.1) is 11.8 Å². The van der Waals surface area contributed by atoms with Gasteiger partial charge in [0.05, 0.1) is 6.54 Å². The summed E-state index contributed by atoms with van der Waals surface area (Å²) in [4.78, 5) is 6.94. The van der Waals surface area contributed by atoms with Gasteiger partial charge in [-0.2, -0.15) is 4.98 Å². The van der Waals surface area contributed by atoms with Crippen molar-refractivity contribution in [2.45, 2.75) is 13.0 Å². The Labute approximate surface area is 146 Å². The Morgan fingerprint density at radius 3 is 2.83 bits per heavy atom. The second-order valence-corrected chi connectivity index (χ2v) is 6.66. The minimum Gasteiger partial charge on any atom is -0.338 e. The largest absolute Gasteiger partial charge is 0.338 e. The SMILES string of the molecule is Cl.Clc1ccc(-c2noc(CN3CCC4CNCC4C3)n2)cc1. The molecule has 2 saturated heterocycles. The lowest BCUT2D eigenvalue weighted by Gasteiger charge is -2.33. The van der Waals surface area contributed by atoms with Crippen molar-refractivity contribution in [2.75, 3.05) is 26.2 Å². The smallest absolute Gasteiger partial charge is 0.241 e. The van der Waals surface area contributed by atoms with Gasteiger partial charge in [0, 0.05) is 17.1 Å². The standard InChI is InChI=1S/C16H19ClN4O.ClH/c17-14-3-1-11(2-4-14)16-19-15(22-20-16)10-21-6-5-12-7-18-8-13(12)9-21;/h1-4,12-13,18H,5-10H2;1H. The number of rotatable bonds is 3. The van der Waals surface area contributed by atoms with Crippen LogP contribution in [0.4, 0.5) is 0 Å². The van der Waals surface area contributed by atoms with Crippen LogP contribution in [0.15, 0.2) is 28.8 Å². The summed E-state index contributed by atoms with van der Waals surface area (Å²) in [5.74, 6) is 2.94. The molecule has 1 aromatic carbocycles. The van der Waals surface area contributed by atoms with Crippen LogP contribution < -0.4 is 5.32 Å². The van der Waals surface area contributed by atoms with E-state index in [1.807, 2.05) is 24.3 Å². The first kappa shape index (κ1) is 16.7. The van der Waals surface area contributed by atoms with Gasteiger partial charge in [-0.25, -0.2) is 0 Å². The monoisotopic (exact) mass is 354 g/mol. The van der Waals surface area contributed by atoms with Crippen LogP contribution in [0.1, 0.15) is 12.3 Å². The number of likely N-dealkylation sites (tertiary alicyclic amines) is 1. The van der Waals surface area contributed by atoms with Crippen molar-refractivity contribution in [3.8, 4) is 11.4 Å². The molecule has 1 N–H and O–H groups in total. The first-order valence-electron chi connectivity index (χ1n) is 7.79. The highest BCUT2D eigenvalue weighted by Crippen LogP contribution is 2.27. The average molecular weight is 355 g/mol. The van der Waals surface area contributed by atoms with Gasteiger partial charge in [0.2, 0.25) is 11.7 Å². The summed E-state index contributed by atoms with van der Waals surface area (Å²) >= 11 is 5.90. The van der Waals surface area contributed by atoms with Crippen LogP contribution in [0.3, 0.4) is 0 Å². The Bertz CT molecular complexity index is 646. The van der Waals surface area contributed by atoms with Gasteiger partial charge in [-0.15, -0.1) is 12.4 Å². The van der Waals surface area contributed by atoms with Crippen molar-refractivity contribution >= 4 is 24.0 Å². The molecule has 7 heteroatoms. The number of benzene rings is 1. The van der Waals surface area contributed by atoms with E-state index in [1.165, 1.54) is 13.0 Å². The fourth-order valence-corrected chi connectivity index (χ4v) is 3.61. The maximum absolute atomic E-state index is 5.90. The summed E-state index contributed by atoms with van der Waals surface area (Å²) in [5.41, 5.74) is 0.929. The van der Waals surface area contributed by atoms with E-state index >= 15 is 0 Å². The molecule has 0 radical (unpaired) electrons. The molecule has 0 spiro atoms. The third-order valence-electron chi connectivity index (χ3n) is 4.72. The number of fused-ring (bicyclic) bond motifs is 1. The normalized spacial score (nSPS) is 24.2. The van der Waals surface area contributed by atoms with Gasteiger partial charge in [0.15, 0.2) is 0 Å². The Morgan fingerprint density at radius 2 is 2.00 bits per heavy atom. The Balaban J connectivity index is 0.00000156. The molecule has 2 aliphatic heterocycles. The highest BCUT2D eigenvalue weighted by atomic mass is 35.5. The van der Waals surface area contributed by atoms with E-state index in [0.29, 0.717) is 16.7 Å². The number of halogens is 2. The van der Waals surface area contributed by atoms with Gasteiger partial charge in [0.1, 0.15) is 0 Å². The third-order valence-corrected chi connectivity index (χ3v) is 4.97.